The molecule has 2 heterocycles. The second kappa shape index (κ2) is 4.04. The van der Waals surface area contributed by atoms with E-state index in [1.807, 2.05) is 0 Å². The summed E-state index contributed by atoms with van der Waals surface area (Å²) in [6.45, 7) is 2.37. The van der Waals surface area contributed by atoms with E-state index in [0.29, 0.717) is 0 Å². The number of unbranched alkanes of at least 4 members (excludes halogenated alkanes) is 1. The van der Waals surface area contributed by atoms with Crippen LogP contribution in [0.25, 0.3) is 0 Å². The van der Waals surface area contributed by atoms with E-state index >= 15 is 0 Å². The Bertz CT molecular complexity index is 231. The molecule has 3 nitrogen and oxygen atoms in total. The molecule has 0 aliphatic carbocycles. The molecule has 15 heavy (non-hydrogen) atoms. The lowest BCUT2D eigenvalue weighted by molar-refractivity contribution is -0.258. The fraction of sp³-hybridized carbons (Fsp3) is 1.00. The van der Waals surface area contributed by atoms with Crippen LogP contribution in [0.15, 0.2) is 0 Å². The van der Waals surface area contributed by atoms with Crippen molar-refractivity contribution >= 4 is 0 Å². The van der Waals surface area contributed by atoms with Gasteiger partial charge in [0.1, 0.15) is 0 Å². The first-order valence-electron chi connectivity index (χ1n) is 6.11. The van der Waals surface area contributed by atoms with Gasteiger partial charge in [-0.15, -0.1) is 0 Å². The van der Waals surface area contributed by atoms with Gasteiger partial charge in [-0.25, -0.2) is 0 Å². The van der Waals surface area contributed by atoms with Crippen LogP contribution >= 0.6 is 0 Å². The van der Waals surface area contributed by atoms with Gasteiger partial charge in [-0.1, -0.05) is 6.42 Å². The SMILES string of the molecule is C[C@]12CCC[C@](O)(O1)C(CCCCO)C2. The normalized spacial score (nSPS) is 44.6. The van der Waals surface area contributed by atoms with E-state index in [4.69, 9.17) is 9.84 Å². The molecule has 88 valence electrons. The van der Waals surface area contributed by atoms with Gasteiger partial charge in [0.2, 0.25) is 0 Å². The summed E-state index contributed by atoms with van der Waals surface area (Å²) in [5, 5.41) is 19.1. The number of aliphatic hydroxyl groups is 2. The Hall–Kier alpha value is -0.120. The van der Waals surface area contributed by atoms with Gasteiger partial charge in [0.05, 0.1) is 5.60 Å². The van der Waals surface area contributed by atoms with Gasteiger partial charge >= 0.3 is 0 Å². The summed E-state index contributed by atoms with van der Waals surface area (Å²) < 4.78 is 5.81. The van der Waals surface area contributed by atoms with Crippen LogP contribution in [0.1, 0.15) is 51.9 Å². The number of fused-ring (bicyclic) bond motifs is 2. The second-order valence-corrected chi connectivity index (χ2v) is 5.37. The summed E-state index contributed by atoms with van der Waals surface area (Å²) in [6.07, 6.45) is 6.72. The maximum atomic E-state index is 10.4. The molecule has 0 aromatic rings. The summed E-state index contributed by atoms with van der Waals surface area (Å²) >= 11 is 0. The minimum Gasteiger partial charge on any atom is -0.396 e. The van der Waals surface area contributed by atoms with Crippen LogP contribution in [0.4, 0.5) is 0 Å². The monoisotopic (exact) mass is 214 g/mol. The molecule has 2 fully saturated rings. The van der Waals surface area contributed by atoms with Crippen molar-refractivity contribution in [3.8, 4) is 0 Å². The number of hydrogen-bond donors (Lipinski definition) is 2. The number of rotatable bonds is 4. The molecule has 2 aliphatic rings. The Morgan fingerprint density at radius 1 is 1.33 bits per heavy atom. The number of ether oxygens (including phenoxy) is 1. The summed E-state index contributed by atoms with van der Waals surface area (Å²) in [6, 6.07) is 0. The van der Waals surface area contributed by atoms with E-state index in [-0.39, 0.29) is 18.1 Å². The molecule has 0 amide bonds. The van der Waals surface area contributed by atoms with E-state index < -0.39 is 5.79 Å². The third kappa shape index (κ3) is 2.19. The highest BCUT2D eigenvalue weighted by Crippen LogP contribution is 2.51. The summed E-state index contributed by atoms with van der Waals surface area (Å²) in [4.78, 5) is 0. The van der Waals surface area contributed by atoms with Crippen LogP contribution in [0.3, 0.4) is 0 Å². The Morgan fingerprint density at radius 3 is 2.80 bits per heavy atom. The van der Waals surface area contributed by atoms with E-state index in [1.54, 1.807) is 0 Å². The van der Waals surface area contributed by atoms with Crippen molar-refractivity contribution in [2.45, 2.75) is 63.3 Å². The van der Waals surface area contributed by atoms with E-state index in [2.05, 4.69) is 6.92 Å². The lowest BCUT2D eigenvalue weighted by Gasteiger charge is -2.36. The van der Waals surface area contributed by atoms with Crippen molar-refractivity contribution in [1.29, 1.82) is 0 Å². The number of aliphatic hydroxyl groups excluding tert-OH is 1. The Balaban J connectivity index is 1.95. The van der Waals surface area contributed by atoms with E-state index in [9.17, 15) is 5.11 Å². The molecule has 2 saturated heterocycles. The highest BCUT2D eigenvalue weighted by Gasteiger charge is 2.54. The third-order valence-electron chi connectivity index (χ3n) is 3.94. The summed E-state index contributed by atoms with van der Waals surface area (Å²) in [5.41, 5.74) is -0.0864. The molecular weight excluding hydrogens is 192 g/mol. The minimum atomic E-state index is -0.859. The molecule has 0 radical (unpaired) electrons. The smallest absolute Gasteiger partial charge is 0.169 e. The van der Waals surface area contributed by atoms with Gasteiger partial charge in [-0.05, 0) is 39.0 Å². The quantitative estimate of drug-likeness (QED) is 0.702. The summed E-state index contributed by atoms with van der Waals surface area (Å²) in [5.74, 6) is -0.584. The third-order valence-corrected chi connectivity index (χ3v) is 3.94. The topological polar surface area (TPSA) is 49.7 Å². The zero-order valence-corrected chi connectivity index (χ0v) is 9.54. The maximum Gasteiger partial charge on any atom is 0.169 e. The van der Waals surface area contributed by atoms with Crippen molar-refractivity contribution in [3.63, 3.8) is 0 Å². The van der Waals surface area contributed by atoms with E-state index in [1.165, 1.54) is 0 Å². The zero-order chi connectivity index (χ0) is 10.9. The van der Waals surface area contributed by atoms with Crippen LogP contribution < -0.4 is 0 Å². The van der Waals surface area contributed by atoms with Gasteiger partial charge < -0.3 is 14.9 Å². The van der Waals surface area contributed by atoms with Crippen molar-refractivity contribution in [1.82, 2.24) is 0 Å². The highest BCUT2D eigenvalue weighted by atomic mass is 16.6. The van der Waals surface area contributed by atoms with Crippen molar-refractivity contribution in [3.05, 3.63) is 0 Å². The van der Waals surface area contributed by atoms with Crippen LogP contribution in [0, 0.1) is 5.92 Å². The highest BCUT2D eigenvalue weighted by molar-refractivity contribution is 4.98. The zero-order valence-electron chi connectivity index (χ0n) is 9.54. The van der Waals surface area contributed by atoms with Gasteiger partial charge in [-0.3, -0.25) is 0 Å². The van der Waals surface area contributed by atoms with Crippen molar-refractivity contribution in [2.75, 3.05) is 6.61 Å². The molecule has 3 heteroatoms. The Kier molecular flexibility index (Phi) is 3.06. The van der Waals surface area contributed by atoms with Crippen molar-refractivity contribution < 1.29 is 14.9 Å². The lowest BCUT2D eigenvalue weighted by Crippen LogP contribution is -2.40. The molecule has 2 N–H and O–H groups in total. The van der Waals surface area contributed by atoms with Gasteiger partial charge in [0, 0.05) is 18.9 Å². The first kappa shape index (κ1) is 11.4. The average Bonchev–Trinajstić information content (AvgIpc) is 2.32. The molecule has 3 atom stereocenters. The van der Waals surface area contributed by atoms with Crippen molar-refractivity contribution in [2.24, 2.45) is 5.92 Å². The predicted molar refractivity (Wildman–Crippen MR) is 57.3 cm³/mol. The van der Waals surface area contributed by atoms with Crippen LogP contribution in [0.5, 0.6) is 0 Å². The second-order valence-electron chi connectivity index (χ2n) is 5.37. The maximum absolute atomic E-state index is 10.4. The van der Waals surface area contributed by atoms with Crippen LogP contribution in [-0.4, -0.2) is 28.2 Å². The van der Waals surface area contributed by atoms with Gasteiger partial charge in [-0.2, -0.15) is 0 Å². The molecule has 0 saturated carbocycles. The standard InChI is InChI=1S/C12H22O3/c1-11-6-4-7-12(14,15-11)10(9-11)5-2-3-8-13/h10,13-14H,2-9H2,1H3/t10?,11-,12+/m1/s1. The molecule has 1 unspecified atom stereocenters. The predicted octanol–water partition coefficient (Wildman–Crippen LogP) is 1.82. The number of hydrogen-bond acceptors (Lipinski definition) is 3. The van der Waals surface area contributed by atoms with Gasteiger partial charge in [0.15, 0.2) is 5.79 Å². The fourth-order valence-electron chi connectivity index (χ4n) is 3.19. The Labute approximate surface area is 91.4 Å². The molecule has 2 bridgehead atoms. The Morgan fingerprint density at radius 2 is 2.13 bits per heavy atom. The molecule has 0 aromatic carbocycles. The van der Waals surface area contributed by atoms with Crippen LogP contribution in [-0.2, 0) is 4.74 Å². The lowest BCUT2D eigenvalue weighted by atomic mass is 9.88. The van der Waals surface area contributed by atoms with Gasteiger partial charge in [0.25, 0.3) is 0 Å². The first-order chi connectivity index (χ1) is 7.08. The molecule has 0 spiro atoms. The molecular formula is C12H22O3. The molecule has 0 aromatic heterocycles. The largest absolute Gasteiger partial charge is 0.396 e. The summed E-state index contributed by atoms with van der Waals surface area (Å²) in [7, 11) is 0. The fourth-order valence-corrected chi connectivity index (χ4v) is 3.19. The molecule has 2 rings (SSSR count). The molecule has 2 aliphatic heterocycles. The van der Waals surface area contributed by atoms with E-state index in [0.717, 1.165) is 44.9 Å². The van der Waals surface area contributed by atoms with Crippen LogP contribution in [0.2, 0.25) is 0 Å². The first-order valence-corrected chi connectivity index (χ1v) is 6.11. The minimum absolute atomic E-state index is 0.0864. The average molecular weight is 214 g/mol.